The van der Waals surface area contributed by atoms with Gasteiger partial charge in [-0.2, -0.15) is 0 Å². The average Bonchev–Trinajstić information content (AvgIpc) is 3.97. The minimum absolute atomic E-state index is 0.225. The Balaban J connectivity index is 1.40. The zero-order valence-electron chi connectivity index (χ0n) is 38.0. The number of furan rings is 2. The van der Waals surface area contributed by atoms with Gasteiger partial charge in [-0.25, -0.2) is 0 Å². The predicted octanol–water partition coefficient (Wildman–Crippen LogP) is 16.4. The molecule has 2 aliphatic carbocycles. The van der Waals surface area contributed by atoms with Crippen molar-refractivity contribution >= 4 is 102 Å². The summed E-state index contributed by atoms with van der Waals surface area (Å²) in [4.78, 5) is 0. The van der Waals surface area contributed by atoms with Gasteiger partial charge < -0.3 is 0 Å². The van der Waals surface area contributed by atoms with Gasteiger partial charge in [0, 0.05) is 0 Å². The van der Waals surface area contributed by atoms with Crippen LogP contribution < -0.4 is 10.4 Å². The van der Waals surface area contributed by atoms with Crippen LogP contribution in [0.5, 0.6) is 0 Å². The molecule has 2 unspecified atom stereocenters. The van der Waals surface area contributed by atoms with Crippen molar-refractivity contribution in [2.75, 3.05) is 0 Å². The standard InChI is InChI=1S/2C25H25Cl2OSi.C2H6Si.Zr/c2*1-6-16-8-9-17-11-18(23-10-7-15(2)28-23)12-20(17)24(16)19-13-21(26)25(22(27)14-19)29(3,4)5;1-3-2;/h2*7-14H,6H2,1-5H3;1-2H3;. The van der Waals surface area contributed by atoms with Gasteiger partial charge in [-0.1, -0.05) is 0 Å². The Morgan fingerprint density at radius 2 is 0.903 bits per heavy atom. The number of hydrogen-bond donors (Lipinski definition) is 0. The van der Waals surface area contributed by atoms with Crippen LogP contribution in [0.15, 0.2) is 81.6 Å². The number of allylic oxidation sites excluding steroid dienone is 2. The Hall–Kier alpha value is -2.39. The molecule has 0 saturated heterocycles. The molecule has 2 aromatic heterocycles. The van der Waals surface area contributed by atoms with E-state index in [4.69, 9.17) is 55.2 Å². The maximum absolute atomic E-state index is 7.20. The molecule has 0 saturated carbocycles. The topological polar surface area (TPSA) is 26.3 Å². The SMILES string of the molecule is CCc1ccc2c(c1-c1cc(Cl)c([Si](C)(C)C)c(Cl)c1)C=C(c1ccc(C)o1)[CH]2[Zr]([CH]1C(c2ccc(C)o2)=Cc2c1ccc(CC)c2-c1cc(Cl)c([Si](C)(C)C)c(Cl)c1)=[Si](C)C. The first-order valence-electron chi connectivity index (χ1n) is 21.8. The third-order valence-corrected chi connectivity index (χ3v) is 37.9. The van der Waals surface area contributed by atoms with Crippen LogP contribution in [0.2, 0.25) is 72.5 Å². The van der Waals surface area contributed by atoms with Crippen molar-refractivity contribution in [2.45, 2.75) is 100 Å². The minimum atomic E-state index is -2.84. The van der Waals surface area contributed by atoms with Crippen LogP contribution in [-0.2, 0) is 33.2 Å². The van der Waals surface area contributed by atoms with Crippen molar-refractivity contribution < 1.29 is 29.2 Å². The molecule has 6 aromatic rings. The van der Waals surface area contributed by atoms with Gasteiger partial charge in [-0.3, -0.25) is 0 Å². The molecule has 62 heavy (non-hydrogen) atoms. The van der Waals surface area contributed by atoms with Crippen LogP contribution in [0, 0.1) is 13.8 Å². The van der Waals surface area contributed by atoms with Gasteiger partial charge in [0.05, 0.1) is 0 Å². The number of aryl methyl sites for hydroxylation is 4. The second kappa shape index (κ2) is 17.4. The van der Waals surface area contributed by atoms with Gasteiger partial charge in [0.25, 0.3) is 0 Å². The molecule has 0 spiro atoms. The maximum atomic E-state index is 7.20. The van der Waals surface area contributed by atoms with Crippen molar-refractivity contribution in [3.8, 4) is 22.3 Å². The molecule has 8 rings (SSSR count). The van der Waals surface area contributed by atoms with Crippen LogP contribution in [0.25, 0.3) is 45.6 Å². The van der Waals surface area contributed by atoms with E-state index in [2.05, 4.69) is 165 Å². The number of rotatable bonds is 10. The Morgan fingerprint density at radius 3 is 1.18 bits per heavy atom. The fourth-order valence-electron chi connectivity index (χ4n) is 10.1. The first-order valence-corrected chi connectivity index (χ1v) is 39.3. The Labute approximate surface area is 399 Å². The molecule has 0 amide bonds. The third-order valence-electron chi connectivity index (χ3n) is 12.7. The van der Waals surface area contributed by atoms with Crippen LogP contribution in [0.3, 0.4) is 0 Å². The monoisotopic (exact) mass is 1030 g/mol. The third kappa shape index (κ3) is 8.25. The van der Waals surface area contributed by atoms with E-state index in [1.165, 1.54) is 55.7 Å². The summed E-state index contributed by atoms with van der Waals surface area (Å²) < 4.78 is 13.7. The molecule has 0 N–H and O–H groups in total. The van der Waals surface area contributed by atoms with E-state index < -0.39 is 41.9 Å². The van der Waals surface area contributed by atoms with E-state index in [-0.39, 0.29) is 7.25 Å². The normalized spacial score (nSPS) is 16.1. The molecular formula is C52H56Cl4O2Si3Zr. The number of hydrogen-bond acceptors (Lipinski definition) is 2. The van der Waals surface area contributed by atoms with Gasteiger partial charge >= 0.3 is 403 Å². The summed E-state index contributed by atoms with van der Waals surface area (Å²) in [5.41, 5.74) is 14.3. The zero-order chi connectivity index (χ0) is 44.7. The molecule has 2 heterocycles. The summed E-state index contributed by atoms with van der Waals surface area (Å²) in [6, 6.07) is 26.9. The van der Waals surface area contributed by atoms with E-state index >= 15 is 0 Å². The predicted molar refractivity (Wildman–Crippen MR) is 274 cm³/mol. The van der Waals surface area contributed by atoms with Crippen LogP contribution >= 0.6 is 46.4 Å². The Bertz CT molecular complexity index is 2660. The fraction of sp³-hybridized carbons (Fsp3) is 0.308. The van der Waals surface area contributed by atoms with Crippen LogP contribution in [0.1, 0.15) is 77.5 Å². The summed E-state index contributed by atoms with van der Waals surface area (Å²) in [5.74, 6) is 3.76. The molecule has 0 bridgehead atoms. The number of benzene rings is 4. The van der Waals surface area contributed by atoms with Gasteiger partial charge in [0.1, 0.15) is 0 Å². The van der Waals surface area contributed by atoms with E-state index in [1.807, 2.05) is 0 Å². The second-order valence-corrected chi connectivity index (χ2v) is 48.9. The molecule has 2 atom stereocenters. The van der Waals surface area contributed by atoms with E-state index in [0.717, 1.165) is 77.5 Å². The number of fused-ring (bicyclic) bond motifs is 2. The second-order valence-electron chi connectivity index (χ2n) is 19.4. The van der Waals surface area contributed by atoms with Crippen LogP contribution in [0.4, 0.5) is 0 Å². The first-order chi connectivity index (χ1) is 29.2. The van der Waals surface area contributed by atoms with E-state index in [1.54, 1.807) is 0 Å². The quantitative estimate of drug-likeness (QED) is 0.128. The molecule has 0 fully saturated rings. The Kier molecular flexibility index (Phi) is 13.0. The van der Waals surface area contributed by atoms with Gasteiger partial charge in [-0.15, -0.1) is 0 Å². The fourth-order valence-corrected chi connectivity index (χ4v) is 37.5. The van der Waals surface area contributed by atoms with Gasteiger partial charge in [0.2, 0.25) is 0 Å². The van der Waals surface area contributed by atoms with Crippen molar-refractivity contribution in [3.63, 3.8) is 0 Å². The van der Waals surface area contributed by atoms with Crippen molar-refractivity contribution in [2.24, 2.45) is 0 Å². The molecule has 4 aromatic carbocycles. The first kappa shape index (κ1) is 46.2. The van der Waals surface area contributed by atoms with Crippen molar-refractivity contribution in [3.05, 3.63) is 149 Å². The van der Waals surface area contributed by atoms with Gasteiger partial charge in [-0.05, 0) is 0 Å². The van der Waals surface area contributed by atoms with Crippen molar-refractivity contribution in [1.82, 2.24) is 0 Å². The molecule has 320 valence electrons. The summed E-state index contributed by atoms with van der Waals surface area (Å²) >= 11 is 26.0. The summed E-state index contributed by atoms with van der Waals surface area (Å²) in [6.07, 6.45) is 6.72. The Morgan fingerprint density at radius 1 is 0.548 bits per heavy atom. The van der Waals surface area contributed by atoms with Crippen LogP contribution in [-0.4, -0.2) is 21.6 Å². The molecule has 0 aliphatic heterocycles. The zero-order valence-corrected chi connectivity index (χ0v) is 46.5. The average molecular weight is 1030 g/mol. The summed E-state index contributed by atoms with van der Waals surface area (Å²) in [5, 5.41) is 5.29. The molecule has 10 heteroatoms. The van der Waals surface area contributed by atoms with E-state index in [0.29, 0.717) is 0 Å². The summed E-state index contributed by atoms with van der Waals surface area (Å²) in [6.45, 7) is 27.6. The molecule has 2 aliphatic rings. The van der Waals surface area contributed by atoms with Gasteiger partial charge in [0.15, 0.2) is 0 Å². The van der Waals surface area contributed by atoms with E-state index in [9.17, 15) is 0 Å². The summed E-state index contributed by atoms with van der Waals surface area (Å²) in [7, 11) is -3.61. The molecular weight excluding hydrogens is 974 g/mol. The van der Waals surface area contributed by atoms with Crippen molar-refractivity contribution in [1.29, 1.82) is 0 Å². The number of halogens is 4. The molecule has 2 nitrogen and oxygen atoms in total. The molecule has 0 radical (unpaired) electrons.